The van der Waals surface area contributed by atoms with Crippen LogP contribution in [0.3, 0.4) is 0 Å². The van der Waals surface area contributed by atoms with Crippen LogP contribution in [0.15, 0.2) is 0 Å². The second kappa shape index (κ2) is 7.80. The Kier molecular flexibility index (Phi) is 6.65. The zero-order chi connectivity index (χ0) is 11.8. The average molecular weight is 227 g/mol. The fourth-order valence-corrected chi connectivity index (χ4v) is 2.13. The molecule has 1 rings (SSSR count). The Bertz CT molecular complexity index is 200. The minimum atomic E-state index is 0.210. The first-order valence-electron chi connectivity index (χ1n) is 6.59. The lowest BCUT2D eigenvalue weighted by Gasteiger charge is -2.23. The molecule has 0 saturated carbocycles. The van der Waals surface area contributed by atoms with Gasteiger partial charge in [-0.2, -0.15) is 0 Å². The lowest BCUT2D eigenvalue weighted by atomic mass is 9.99. The summed E-state index contributed by atoms with van der Waals surface area (Å²) in [6.07, 6.45) is 5.21. The van der Waals surface area contributed by atoms with Gasteiger partial charge in [-0.1, -0.05) is 20.3 Å². The van der Waals surface area contributed by atoms with E-state index in [9.17, 15) is 4.79 Å². The molecule has 0 aromatic heterocycles. The molecule has 1 fully saturated rings. The summed E-state index contributed by atoms with van der Waals surface area (Å²) in [5.74, 6) is 0.567. The standard InChI is InChI=1S/C13H25NO2/c1-3-4-11(2)13(15)7-10-16-12-5-8-14-9-6-12/h11-12,14H,3-10H2,1-2H3. The molecular weight excluding hydrogens is 202 g/mol. The second-order valence-corrected chi connectivity index (χ2v) is 4.73. The van der Waals surface area contributed by atoms with Gasteiger partial charge in [0.1, 0.15) is 5.78 Å². The van der Waals surface area contributed by atoms with Crippen LogP contribution in [-0.2, 0) is 9.53 Å². The SMILES string of the molecule is CCCC(C)C(=O)CCOC1CCNCC1. The molecule has 0 aromatic carbocycles. The monoisotopic (exact) mass is 227 g/mol. The van der Waals surface area contributed by atoms with Crippen molar-refractivity contribution >= 4 is 5.78 Å². The van der Waals surface area contributed by atoms with Crippen molar-refractivity contribution < 1.29 is 9.53 Å². The van der Waals surface area contributed by atoms with Gasteiger partial charge in [-0.25, -0.2) is 0 Å². The van der Waals surface area contributed by atoms with Crippen LogP contribution in [0.5, 0.6) is 0 Å². The molecule has 0 spiro atoms. The molecule has 0 aliphatic carbocycles. The van der Waals surface area contributed by atoms with E-state index in [1.165, 1.54) is 0 Å². The van der Waals surface area contributed by atoms with Crippen molar-refractivity contribution in [1.82, 2.24) is 5.32 Å². The summed E-state index contributed by atoms with van der Waals surface area (Å²) in [6, 6.07) is 0. The maximum absolute atomic E-state index is 11.7. The molecule has 0 aromatic rings. The molecule has 0 radical (unpaired) electrons. The van der Waals surface area contributed by atoms with Crippen LogP contribution >= 0.6 is 0 Å². The van der Waals surface area contributed by atoms with Crippen molar-refractivity contribution in [2.45, 2.75) is 52.1 Å². The molecule has 1 heterocycles. The third-order valence-corrected chi connectivity index (χ3v) is 3.26. The van der Waals surface area contributed by atoms with Gasteiger partial charge in [0.2, 0.25) is 0 Å². The lowest BCUT2D eigenvalue weighted by molar-refractivity contribution is -0.124. The van der Waals surface area contributed by atoms with E-state index < -0.39 is 0 Å². The predicted octanol–water partition coefficient (Wildman–Crippen LogP) is 2.15. The van der Waals surface area contributed by atoms with Crippen LogP contribution < -0.4 is 5.32 Å². The fourth-order valence-electron chi connectivity index (χ4n) is 2.13. The number of nitrogens with one attached hydrogen (secondary N) is 1. The van der Waals surface area contributed by atoms with E-state index in [1.54, 1.807) is 0 Å². The first-order valence-corrected chi connectivity index (χ1v) is 6.59. The van der Waals surface area contributed by atoms with E-state index in [2.05, 4.69) is 12.2 Å². The quantitative estimate of drug-likeness (QED) is 0.724. The van der Waals surface area contributed by atoms with E-state index in [1.807, 2.05) is 6.92 Å². The third-order valence-electron chi connectivity index (χ3n) is 3.26. The van der Waals surface area contributed by atoms with Gasteiger partial charge in [0.05, 0.1) is 12.7 Å². The van der Waals surface area contributed by atoms with E-state index in [-0.39, 0.29) is 5.92 Å². The minimum Gasteiger partial charge on any atom is -0.378 e. The van der Waals surface area contributed by atoms with Crippen molar-refractivity contribution in [1.29, 1.82) is 0 Å². The van der Waals surface area contributed by atoms with E-state index in [0.29, 0.717) is 24.9 Å². The van der Waals surface area contributed by atoms with Gasteiger partial charge >= 0.3 is 0 Å². The van der Waals surface area contributed by atoms with Gasteiger partial charge in [0.15, 0.2) is 0 Å². The second-order valence-electron chi connectivity index (χ2n) is 4.73. The molecule has 94 valence electrons. The Morgan fingerprint density at radius 1 is 1.44 bits per heavy atom. The maximum atomic E-state index is 11.7. The zero-order valence-corrected chi connectivity index (χ0v) is 10.6. The van der Waals surface area contributed by atoms with Crippen LogP contribution in [0.2, 0.25) is 0 Å². The number of carbonyl (C=O) groups excluding carboxylic acids is 1. The summed E-state index contributed by atoms with van der Waals surface area (Å²) < 4.78 is 5.72. The van der Waals surface area contributed by atoms with Crippen molar-refractivity contribution in [2.24, 2.45) is 5.92 Å². The van der Waals surface area contributed by atoms with Gasteiger partial charge in [0, 0.05) is 12.3 Å². The van der Waals surface area contributed by atoms with Gasteiger partial charge < -0.3 is 10.1 Å². The topological polar surface area (TPSA) is 38.3 Å². The third kappa shape index (κ3) is 5.08. The number of hydrogen-bond donors (Lipinski definition) is 1. The molecule has 3 heteroatoms. The van der Waals surface area contributed by atoms with Crippen LogP contribution in [-0.4, -0.2) is 31.6 Å². The molecule has 1 unspecified atom stereocenters. The van der Waals surface area contributed by atoms with Crippen molar-refractivity contribution in [3.8, 4) is 0 Å². The Balaban J connectivity index is 2.07. The first-order chi connectivity index (χ1) is 7.74. The number of ketones is 1. The summed E-state index contributed by atoms with van der Waals surface area (Å²) in [5.41, 5.74) is 0. The van der Waals surface area contributed by atoms with Gasteiger partial charge in [-0.3, -0.25) is 4.79 Å². The number of Topliss-reactive ketones (excluding diaryl/α,β-unsaturated/α-hetero) is 1. The number of ether oxygens (including phenoxy) is 1. The van der Waals surface area contributed by atoms with E-state index in [0.717, 1.165) is 38.8 Å². The summed E-state index contributed by atoms with van der Waals surface area (Å²) >= 11 is 0. The maximum Gasteiger partial charge on any atom is 0.137 e. The highest BCUT2D eigenvalue weighted by atomic mass is 16.5. The fraction of sp³-hybridized carbons (Fsp3) is 0.923. The number of carbonyl (C=O) groups is 1. The van der Waals surface area contributed by atoms with Gasteiger partial charge in [-0.15, -0.1) is 0 Å². The van der Waals surface area contributed by atoms with Gasteiger partial charge in [-0.05, 0) is 32.4 Å². The first kappa shape index (κ1) is 13.7. The van der Waals surface area contributed by atoms with Gasteiger partial charge in [0.25, 0.3) is 0 Å². The summed E-state index contributed by atoms with van der Waals surface area (Å²) in [7, 11) is 0. The molecule has 1 saturated heterocycles. The molecule has 0 bridgehead atoms. The Morgan fingerprint density at radius 3 is 2.75 bits per heavy atom. The molecule has 1 aliphatic heterocycles. The molecule has 1 N–H and O–H groups in total. The highest BCUT2D eigenvalue weighted by molar-refractivity contribution is 5.80. The Morgan fingerprint density at radius 2 is 2.12 bits per heavy atom. The highest BCUT2D eigenvalue weighted by Crippen LogP contribution is 2.11. The largest absolute Gasteiger partial charge is 0.378 e. The minimum absolute atomic E-state index is 0.210. The Hall–Kier alpha value is -0.410. The smallest absolute Gasteiger partial charge is 0.137 e. The molecular formula is C13H25NO2. The van der Waals surface area contributed by atoms with Crippen molar-refractivity contribution in [3.63, 3.8) is 0 Å². The zero-order valence-electron chi connectivity index (χ0n) is 10.6. The van der Waals surface area contributed by atoms with E-state index >= 15 is 0 Å². The summed E-state index contributed by atoms with van der Waals surface area (Å²) in [6.45, 7) is 6.85. The predicted molar refractivity (Wildman–Crippen MR) is 65.5 cm³/mol. The highest BCUT2D eigenvalue weighted by Gasteiger charge is 2.15. The summed E-state index contributed by atoms with van der Waals surface area (Å²) in [4.78, 5) is 11.7. The number of hydrogen-bond acceptors (Lipinski definition) is 3. The normalized spacial score (nSPS) is 19.6. The van der Waals surface area contributed by atoms with Crippen molar-refractivity contribution in [3.05, 3.63) is 0 Å². The summed E-state index contributed by atoms with van der Waals surface area (Å²) in [5, 5.41) is 3.30. The average Bonchev–Trinajstić information content (AvgIpc) is 2.30. The molecule has 16 heavy (non-hydrogen) atoms. The van der Waals surface area contributed by atoms with Crippen LogP contribution in [0.4, 0.5) is 0 Å². The molecule has 1 aliphatic rings. The van der Waals surface area contributed by atoms with E-state index in [4.69, 9.17) is 4.74 Å². The Labute approximate surface area is 98.9 Å². The van der Waals surface area contributed by atoms with Crippen LogP contribution in [0.1, 0.15) is 46.0 Å². The van der Waals surface area contributed by atoms with Crippen LogP contribution in [0.25, 0.3) is 0 Å². The molecule has 1 atom stereocenters. The van der Waals surface area contributed by atoms with Crippen LogP contribution in [0, 0.1) is 5.92 Å². The number of rotatable bonds is 7. The van der Waals surface area contributed by atoms with Crippen molar-refractivity contribution in [2.75, 3.05) is 19.7 Å². The number of piperidine rings is 1. The molecule has 3 nitrogen and oxygen atoms in total. The molecule has 0 amide bonds. The lowest BCUT2D eigenvalue weighted by Crippen LogP contribution is -2.33.